The maximum atomic E-state index is 12.2. The number of amidine groups is 1. The molecule has 1 aliphatic rings. The van der Waals surface area contributed by atoms with Gasteiger partial charge in [0.25, 0.3) is 11.1 Å². The number of nitrogens with zero attached hydrogens (tertiary/aromatic N) is 4. The fourth-order valence-corrected chi connectivity index (χ4v) is 3.15. The van der Waals surface area contributed by atoms with E-state index in [9.17, 15) is 14.7 Å². The fourth-order valence-electron chi connectivity index (χ4n) is 2.58. The minimum atomic E-state index is -0.333. The van der Waals surface area contributed by atoms with Crippen LogP contribution < -0.4 is 10.3 Å². The van der Waals surface area contributed by atoms with Gasteiger partial charge in [-0.15, -0.1) is 10.2 Å². The smallest absolute Gasteiger partial charge is 0.277 e. The SMILES string of the molecule is O=C(CSc1nnc(-c2ccc(O)cc2)o1)NC1=NN(c2ccccc2)C(=O)C1. The van der Waals surface area contributed by atoms with Crippen molar-refractivity contribution in [2.45, 2.75) is 11.6 Å². The molecule has 2 aromatic carbocycles. The van der Waals surface area contributed by atoms with Crippen LogP contribution in [0.2, 0.25) is 0 Å². The van der Waals surface area contributed by atoms with Crippen molar-refractivity contribution in [2.24, 2.45) is 5.10 Å². The molecular weight excluding hydrogens is 394 g/mol. The summed E-state index contributed by atoms with van der Waals surface area (Å²) >= 11 is 1.07. The monoisotopic (exact) mass is 409 g/mol. The third kappa shape index (κ3) is 4.43. The van der Waals surface area contributed by atoms with Crippen molar-refractivity contribution in [1.82, 2.24) is 15.5 Å². The second-order valence-electron chi connectivity index (χ2n) is 6.02. The van der Waals surface area contributed by atoms with Gasteiger partial charge in [-0.3, -0.25) is 9.59 Å². The Kier molecular flexibility index (Phi) is 5.25. The van der Waals surface area contributed by atoms with Crippen LogP contribution in [-0.2, 0) is 9.59 Å². The van der Waals surface area contributed by atoms with Crippen molar-refractivity contribution < 1.29 is 19.1 Å². The maximum Gasteiger partial charge on any atom is 0.277 e. The van der Waals surface area contributed by atoms with Crippen molar-refractivity contribution in [3.05, 3.63) is 54.6 Å². The summed E-state index contributed by atoms with van der Waals surface area (Å²) < 4.78 is 5.51. The van der Waals surface area contributed by atoms with Gasteiger partial charge in [0.2, 0.25) is 11.8 Å². The van der Waals surface area contributed by atoms with Gasteiger partial charge >= 0.3 is 0 Å². The molecule has 29 heavy (non-hydrogen) atoms. The molecule has 1 aromatic heterocycles. The number of aromatic nitrogens is 2. The van der Waals surface area contributed by atoms with Crippen LogP contribution in [0, 0.1) is 0 Å². The summed E-state index contributed by atoms with van der Waals surface area (Å²) in [7, 11) is 0. The molecule has 10 heteroatoms. The average molecular weight is 409 g/mol. The van der Waals surface area contributed by atoms with E-state index >= 15 is 0 Å². The number of para-hydroxylation sites is 1. The molecule has 0 unspecified atom stereocenters. The predicted molar refractivity (Wildman–Crippen MR) is 106 cm³/mol. The summed E-state index contributed by atoms with van der Waals surface area (Å²) in [6.45, 7) is 0. The normalized spacial score (nSPS) is 13.4. The Morgan fingerprint density at radius 3 is 2.66 bits per heavy atom. The predicted octanol–water partition coefficient (Wildman–Crippen LogP) is 2.40. The van der Waals surface area contributed by atoms with Gasteiger partial charge in [-0.25, -0.2) is 0 Å². The Morgan fingerprint density at radius 2 is 1.90 bits per heavy atom. The second-order valence-corrected chi connectivity index (χ2v) is 6.95. The lowest BCUT2D eigenvalue weighted by molar-refractivity contribution is -0.117. The Balaban J connectivity index is 1.33. The third-order valence-electron chi connectivity index (χ3n) is 3.91. The number of phenolic OH excluding ortho intramolecular Hbond substituents is 1. The van der Waals surface area contributed by atoms with Crippen LogP contribution in [0.1, 0.15) is 6.42 Å². The summed E-state index contributed by atoms with van der Waals surface area (Å²) in [5, 5.41) is 25.4. The van der Waals surface area contributed by atoms with Crippen LogP contribution in [0.15, 0.2) is 69.3 Å². The molecule has 0 fully saturated rings. The van der Waals surface area contributed by atoms with Gasteiger partial charge in [0.05, 0.1) is 17.9 Å². The molecule has 0 aliphatic carbocycles. The number of hydrogen-bond donors (Lipinski definition) is 2. The van der Waals surface area contributed by atoms with Crippen molar-refractivity contribution >= 4 is 35.1 Å². The largest absolute Gasteiger partial charge is 0.508 e. The lowest BCUT2D eigenvalue weighted by Gasteiger charge is -2.10. The number of benzene rings is 2. The molecule has 9 nitrogen and oxygen atoms in total. The number of nitrogens with one attached hydrogen (secondary N) is 1. The summed E-state index contributed by atoms with van der Waals surface area (Å²) in [5.74, 6) is 0.196. The molecule has 2 N–H and O–H groups in total. The molecule has 146 valence electrons. The van der Waals surface area contributed by atoms with Gasteiger partial charge in [0.1, 0.15) is 11.6 Å². The zero-order valence-corrected chi connectivity index (χ0v) is 15.8. The molecule has 0 bridgehead atoms. The van der Waals surface area contributed by atoms with E-state index in [1.165, 1.54) is 17.1 Å². The van der Waals surface area contributed by atoms with Crippen molar-refractivity contribution in [3.8, 4) is 17.2 Å². The Labute approximate surface area is 169 Å². The minimum Gasteiger partial charge on any atom is -0.508 e. The number of hydrogen-bond acceptors (Lipinski definition) is 8. The number of phenols is 1. The van der Waals surface area contributed by atoms with Crippen LogP contribution in [0.5, 0.6) is 5.75 Å². The number of carbonyl (C=O) groups is 2. The highest BCUT2D eigenvalue weighted by molar-refractivity contribution is 7.99. The molecule has 0 radical (unpaired) electrons. The molecule has 2 amide bonds. The quantitative estimate of drug-likeness (QED) is 0.621. The van der Waals surface area contributed by atoms with Gasteiger partial charge in [0, 0.05) is 5.56 Å². The van der Waals surface area contributed by atoms with E-state index in [1.54, 1.807) is 24.3 Å². The highest BCUT2D eigenvalue weighted by Crippen LogP contribution is 2.24. The number of thioether (sulfide) groups is 1. The number of anilines is 1. The molecule has 0 saturated heterocycles. The first-order valence-corrected chi connectivity index (χ1v) is 9.58. The van der Waals surface area contributed by atoms with Crippen molar-refractivity contribution in [1.29, 1.82) is 0 Å². The van der Waals surface area contributed by atoms with Crippen molar-refractivity contribution in [2.75, 3.05) is 10.8 Å². The lowest BCUT2D eigenvalue weighted by Crippen LogP contribution is -2.31. The molecule has 2 heterocycles. The molecule has 0 saturated carbocycles. The van der Waals surface area contributed by atoms with Gasteiger partial charge in [-0.2, -0.15) is 10.1 Å². The van der Waals surface area contributed by atoms with Crippen LogP contribution in [-0.4, -0.2) is 38.7 Å². The first kappa shape index (κ1) is 18.7. The molecule has 0 atom stereocenters. The van der Waals surface area contributed by atoms with E-state index in [2.05, 4.69) is 20.6 Å². The third-order valence-corrected chi connectivity index (χ3v) is 4.73. The summed E-state index contributed by atoms with van der Waals surface area (Å²) in [4.78, 5) is 24.3. The van der Waals surface area contributed by atoms with Crippen LogP contribution in [0.4, 0.5) is 5.69 Å². The summed E-state index contributed by atoms with van der Waals surface area (Å²) in [6, 6.07) is 15.3. The van der Waals surface area contributed by atoms with Crippen LogP contribution >= 0.6 is 11.8 Å². The topological polar surface area (TPSA) is 121 Å². The minimum absolute atomic E-state index is 0.0236. The fraction of sp³-hybridized carbons (Fsp3) is 0.105. The highest BCUT2D eigenvalue weighted by Gasteiger charge is 2.26. The van der Waals surface area contributed by atoms with Crippen LogP contribution in [0.25, 0.3) is 11.5 Å². The van der Waals surface area contributed by atoms with Gasteiger partial charge in [-0.1, -0.05) is 30.0 Å². The standard InChI is InChI=1S/C19H15N5O4S/c25-14-8-6-12(7-9-14)18-21-22-19(28-18)29-11-16(26)20-15-10-17(27)24(23-15)13-4-2-1-3-5-13/h1-9,25H,10-11H2,(H,20,23,26). The van der Waals surface area contributed by atoms with E-state index in [0.29, 0.717) is 17.1 Å². The van der Waals surface area contributed by atoms with E-state index < -0.39 is 0 Å². The number of amides is 2. The summed E-state index contributed by atoms with van der Waals surface area (Å²) in [5.41, 5.74) is 1.30. The number of aromatic hydroxyl groups is 1. The van der Waals surface area contributed by atoms with E-state index in [0.717, 1.165) is 11.8 Å². The molecule has 1 aliphatic heterocycles. The first-order chi connectivity index (χ1) is 14.1. The van der Waals surface area contributed by atoms with Gasteiger partial charge in [0.15, 0.2) is 0 Å². The van der Waals surface area contributed by atoms with Gasteiger partial charge < -0.3 is 14.8 Å². The Morgan fingerprint density at radius 1 is 1.14 bits per heavy atom. The first-order valence-electron chi connectivity index (χ1n) is 8.59. The number of carbonyl (C=O) groups excluding carboxylic acids is 2. The molecule has 4 rings (SSSR count). The van der Waals surface area contributed by atoms with Crippen LogP contribution in [0.3, 0.4) is 0 Å². The van der Waals surface area contributed by atoms with E-state index in [4.69, 9.17) is 4.42 Å². The zero-order valence-electron chi connectivity index (χ0n) is 15.0. The number of hydrazone groups is 1. The molecule has 0 spiro atoms. The van der Waals surface area contributed by atoms with E-state index in [1.807, 2.05) is 18.2 Å². The lowest BCUT2D eigenvalue weighted by atomic mass is 10.2. The van der Waals surface area contributed by atoms with E-state index in [-0.39, 0.29) is 40.9 Å². The van der Waals surface area contributed by atoms with Crippen molar-refractivity contribution in [3.63, 3.8) is 0 Å². The summed E-state index contributed by atoms with van der Waals surface area (Å²) in [6.07, 6.45) is 0.0247. The number of rotatable bonds is 5. The average Bonchev–Trinajstić information content (AvgIpc) is 3.34. The molecule has 3 aromatic rings. The Hall–Kier alpha value is -3.66. The second kappa shape index (κ2) is 8.15. The van der Waals surface area contributed by atoms with Gasteiger partial charge in [-0.05, 0) is 36.4 Å². The molecular formula is C19H15N5O4S. The Bertz CT molecular complexity index is 1070. The zero-order chi connectivity index (χ0) is 20.2. The maximum absolute atomic E-state index is 12.2. The highest BCUT2D eigenvalue weighted by atomic mass is 32.2.